The third-order valence-electron chi connectivity index (χ3n) is 5.38. The Bertz CT molecular complexity index is 965. The Morgan fingerprint density at radius 3 is 2.67 bits per heavy atom. The maximum Gasteiger partial charge on any atom is 0.341 e. The number of hydrogen-bond acceptors (Lipinski definition) is 5. The zero-order valence-corrected chi connectivity index (χ0v) is 19.8. The fraction of sp³-hybridized carbons (Fsp3) is 0.455. The zero-order valence-electron chi connectivity index (χ0n) is 17.4. The van der Waals surface area contributed by atoms with E-state index in [0.717, 1.165) is 29.7 Å². The molecule has 5 nitrogen and oxygen atoms in total. The highest BCUT2D eigenvalue weighted by Gasteiger charge is 2.34. The molecule has 3 rings (SSSR count). The predicted octanol–water partition coefficient (Wildman–Crippen LogP) is 6.01. The highest BCUT2D eigenvalue weighted by molar-refractivity contribution is 7.17. The number of amides is 1. The molecule has 1 N–H and O–H groups in total. The number of esters is 1. The van der Waals surface area contributed by atoms with Crippen molar-refractivity contribution in [2.75, 3.05) is 19.0 Å². The van der Waals surface area contributed by atoms with Crippen LogP contribution in [0.3, 0.4) is 0 Å². The molecule has 0 fully saturated rings. The number of thiophene rings is 1. The first-order chi connectivity index (χ1) is 14.1. The van der Waals surface area contributed by atoms with Crippen molar-refractivity contribution in [3.63, 3.8) is 0 Å². The van der Waals surface area contributed by atoms with Gasteiger partial charge in [0, 0.05) is 16.0 Å². The summed E-state index contributed by atoms with van der Waals surface area (Å²) in [5.74, 6) is 0.0231. The van der Waals surface area contributed by atoms with Crippen LogP contribution in [-0.4, -0.2) is 25.6 Å². The Kier molecular flexibility index (Phi) is 7.00. The number of carbonyl (C=O) groups excluding carboxylic acids is 2. The largest absolute Gasteiger partial charge is 0.482 e. The number of rotatable bonds is 5. The lowest BCUT2D eigenvalue weighted by Gasteiger charge is -2.33. The molecule has 1 atom stereocenters. The third-order valence-corrected chi connectivity index (χ3v) is 7.10. The molecule has 1 amide bonds. The maximum absolute atomic E-state index is 12.5. The van der Waals surface area contributed by atoms with Crippen LogP contribution in [0.4, 0.5) is 5.00 Å². The fourth-order valence-electron chi connectivity index (χ4n) is 3.62. The Morgan fingerprint density at radius 1 is 1.27 bits per heavy atom. The van der Waals surface area contributed by atoms with Gasteiger partial charge in [-0.25, -0.2) is 4.79 Å². The monoisotopic (exact) mass is 469 g/mol. The molecule has 30 heavy (non-hydrogen) atoms. The molecule has 0 saturated carbocycles. The van der Waals surface area contributed by atoms with E-state index in [-0.39, 0.29) is 17.9 Å². The van der Waals surface area contributed by atoms with Crippen molar-refractivity contribution < 1.29 is 19.1 Å². The Balaban J connectivity index is 1.78. The minimum absolute atomic E-state index is 0.181. The Hall–Kier alpha value is -1.76. The van der Waals surface area contributed by atoms with Gasteiger partial charge in [-0.3, -0.25) is 4.79 Å². The number of carbonyl (C=O) groups is 2. The van der Waals surface area contributed by atoms with Crippen LogP contribution in [0.15, 0.2) is 18.2 Å². The fourth-order valence-corrected chi connectivity index (χ4v) is 5.29. The molecule has 0 radical (unpaired) electrons. The normalized spacial score (nSPS) is 16.0. The molecule has 1 aliphatic carbocycles. The van der Waals surface area contributed by atoms with E-state index >= 15 is 0 Å². The van der Waals surface area contributed by atoms with Gasteiger partial charge >= 0.3 is 5.97 Å². The number of ether oxygens (including phenoxy) is 2. The summed E-state index contributed by atoms with van der Waals surface area (Å²) in [5.41, 5.74) is 1.63. The van der Waals surface area contributed by atoms with Crippen LogP contribution in [0.5, 0.6) is 5.75 Å². The minimum Gasteiger partial charge on any atom is -0.482 e. The average molecular weight is 470 g/mol. The van der Waals surface area contributed by atoms with E-state index in [4.69, 9.17) is 32.7 Å². The second-order valence-electron chi connectivity index (χ2n) is 8.42. The first-order valence-electron chi connectivity index (χ1n) is 9.70. The summed E-state index contributed by atoms with van der Waals surface area (Å²) in [6.45, 7) is 6.45. The van der Waals surface area contributed by atoms with Gasteiger partial charge in [0.25, 0.3) is 5.91 Å². The summed E-state index contributed by atoms with van der Waals surface area (Å²) < 4.78 is 10.5. The van der Waals surface area contributed by atoms with Gasteiger partial charge in [0.05, 0.1) is 17.7 Å². The van der Waals surface area contributed by atoms with E-state index < -0.39 is 5.97 Å². The molecule has 2 aromatic rings. The van der Waals surface area contributed by atoms with Gasteiger partial charge in [-0.2, -0.15) is 0 Å². The third kappa shape index (κ3) is 5.10. The summed E-state index contributed by atoms with van der Waals surface area (Å²) in [6, 6.07) is 4.79. The van der Waals surface area contributed by atoms with Crippen LogP contribution in [0, 0.1) is 11.3 Å². The van der Waals surface area contributed by atoms with Gasteiger partial charge in [0.15, 0.2) is 6.61 Å². The lowest BCUT2D eigenvalue weighted by molar-refractivity contribution is -0.118. The van der Waals surface area contributed by atoms with E-state index in [2.05, 4.69) is 26.1 Å². The number of benzene rings is 1. The SMILES string of the molecule is COC(=O)c1c(NC(=O)COc2cc(Cl)ccc2Cl)sc2c1CCC(C(C)(C)C)C2. The van der Waals surface area contributed by atoms with Crippen LogP contribution in [0.1, 0.15) is 48.0 Å². The highest BCUT2D eigenvalue weighted by atomic mass is 35.5. The van der Waals surface area contributed by atoms with Gasteiger partial charge in [-0.15, -0.1) is 11.3 Å². The lowest BCUT2D eigenvalue weighted by atomic mass is 9.72. The van der Waals surface area contributed by atoms with Crippen molar-refractivity contribution in [3.05, 3.63) is 44.2 Å². The molecule has 162 valence electrons. The molecule has 1 heterocycles. The smallest absolute Gasteiger partial charge is 0.341 e. The van der Waals surface area contributed by atoms with Gasteiger partial charge in [-0.1, -0.05) is 44.0 Å². The van der Waals surface area contributed by atoms with Crippen molar-refractivity contribution in [1.82, 2.24) is 0 Å². The first-order valence-corrected chi connectivity index (χ1v) is 11.3. The van der Waals surface area contributed by atoms with Crippen molar-refractivity contribution in [1.29, 1.82) is 0 Å². The molecule has 1 unspecified atom stereocenters. The van der Waals surface area contributed by atoms with Gasteiger partial charge in [-0.05, 0) is 48.3 Å². The van der Waals surface area contributed by atoms with E-state index in [0.29, 0.717) is 32.3 Å². The Labute approximate surface area is 190 Å². The van der Waals surface area contributed by atoms with Crippen LogP contribution in [-0.2, 0) is 22.4 Å². The molecule has 0 saturated heterocycles. The number of halogens is 2. The van der Waals surface area contributed by atoms with E-state index in [1.807, 2.05) is 0 Å². The summed E-state index contributed by atoms with van der Waals surface area (Å²) >= 11 is 13.5. The van der Waals surface area contributed by atoms with E-state index in [1.165, 1.54) is 18.4 Å². The Morgan fingerprint density at radius 2 is 2.00 bits per heavy atom. The van der Waals surface area contributed by atoms with Gasteiger partial charge in [0.2, 0.25) is 0 Å². The molecule has 8 heteroatoms. The molecule has 0 bridgehead atoms. The van der Waals surface area contributed by atoms with Crippen molar-refractivity contribution in [2.45, 2.75) is 40.0 Å². The molecule has 1 aromatic carbocycles. The van der Waals surface area contributed by atoms with Crippen LogP contribution < -0.4 is 10.1 Å². The maximum atomic E-state index is 12.5. The number of nitrogens with one attached hydrogen (secondary N) is 1. The topological polar surface area (TPSA) is 64.6 Å². The number of methoxy groups -OCH3 is 1. The first kappa shape index (κ1) is 22.9. The minimum atomic E-state index is -0.434. The number of hydrogen-bond donors (Lipinski definition) is 1. The summed E-state index contributed by atoms with van der Waals surface area (Å²) in [6.07, 6.45) is 2.68. The van der Waals surface area contributed by atoms with Gasteiger partial charge in [0.1, 0.15) is 10.8 Å². The summed E-state index contributed by atoms with van der Waals surface area (Å²) in [5, 5.41) is 4.15. The van der Waals surface area contributed by atoms with Gasteiger partial charge < -0.3 is 14.8 Å². The van der Waals surface area contributed by atoms with Crippen LogP contribution in [0.2, 0.25) is 10.0 Å². The summed E-state index contributed by atoms with van der Waals surface area (Å²) in [7, 11) is 1.35. The summed E-state index contributed by atoms with van der Waals surface area (Å²) in [4.78, 5) is 26.1. The number of fused-ring (bicyclic) bond motifs is 1. The molecular formula is C22H25Cl2NO4S. The molecular weight excluding hydrogens is 445 g/mol. The second-order valence-corrected chi connectivity index (χ2v) is 10.4. The van der Waals surface area contributed by atoms with E-state index in [1.54, 1.807) is 18.2 Å². The molecule has 1 aliphatic rings. The van der Waals surface area contributed by atoms with Crippen molar-refractivity contribution in [2.24, 2.45) is 11.3 Å². The molecule has 1 aromatic heterocycles. The average Bonchev–Trinajstić information content (AvgIpc) is 3.04. The van der Waals surface area contributed by atoms with Crippen LogP contribution in [0.25, 0.3) is 0 Å². The standard InChI is InChI=1S/C22H25Cl2NO4S/c1-22(2,3)12-5-7-14-17(9-12)30-20(19(14)21(27)28-4)25-18(26)11-29-16-10-13(23)6-8-15(16)24/h6,8,10,12H,5,7,9,11H2,1-4H3,(H,25,26). The van der Waals surface area contributed by atoms with Crippen LogP contribution >= 0.6 is 34.5 Å². The van der Waals surface area contributed by atoms with E-state index in [9.17, 15) is 9.59 Å². The molecule has 0 aliphatic heterocycles. The zero-order chi connectivity index (χ0) is 22.1. The van der Waals surface area contributed by atoms with Crippen molar-refractivity contribution in [3.8, 4) is 5.75 Å². The predicted molar refractivity (Wildman–Crippen MR) is 121 cm³/mol. The second kappa shape index (κ2) is 9.16. The lowest BCUT2D eigenvalue weighted by Crippen LogP contribution is -2.26. The van der Waals surface area contributed by atoms with Crippen molar-refractivity contribution >= 4 is 51.4 Å². The quantitative estimate of drug-likeness (QED) is 0.544. The molecule has 0 spiro atoms. The number of anilines is 1. The highest BCUT2D eigenvalue weighted by Crippen LogP contribution is 2.44.